The predicted octanol–water partition coefficient (Wildman–Crippen LogP) is 4.34. The molecule has 18 heavy (non-hydrogen) atoms. The van der Waals surface area contributed by atoms with Crippen molar-refractivity contribution in [1.82, 2.24) is 0 Å². The highest BCUT2D eigenvalue weighted by Crippen LogP contribution is 2.24. The number of rotatable bonds is 2. The lowest BCUT2D eigenvalue weighted by Crippen LogP contribution is -2.12. The van der Waals surface area contributed by atoms with Gasteiger partial charge >= 0.3 is 0 Å². The van der Waals surface area contributed by atoms with Gasteiger partial charge in [-0.3, -0.25) is 4.79 Å². The molecule has 0 aliphatic carbocycles. The smallest absolute Gasteiger partial charge is 0.291 e. The first kappa shape index (κ1) is 13.2. The van der Waals surface area contributed by atoms with E-state index in [4.69, 9.17) is 4.42 Å². The number of carbonyl (C=O) groups is 1. The quantitative estimate of drug-likeness (QED) is 0.787. The zero-order chi connectivity index (χ0) is 13.3. The van der Waals surface area contributed by atoms with Gasteiger partial charge in [-0.1, -0.05) is 0 Å². The van der Waals surface area contributed by atoms with Crippen molar-refractivity contribution < 1.29 is 18.0 Å². The minimum Gasteiger partial charge on any atom is -0.444 e. The van der Waals surface area contributed by atoms with Gasteiger partial charge in [0.15, 0.2) is 10.4 Å². The Hall–Kier alpha value is -1.21. The summed E-state index contributed by atoms with van der Waals surface area (Å²) in [6.45, 7) is 0. The summed E-state index contributed by atoms with van der Waals surface area (Å²) >= 11 is 5.88. The molecule has 0 saturated heterocycles. The first-order chi connectivity index (χ1) is 8.47. The van der Waals surface area contributed by atoms with E-state index in [9.17, 15) is 13.6 Å². The third-order valence-corrected chi connectivity index (χ3v) is 3.09. The minimum absolute atomic E-state index is 0.00963. The molecule has 0 saturated carbocycles. The van der Waals surface area contributed by atoms with Gasteiger partial charge in [-0.25, -0.2) is 8.78 Å². The molecule has 3 nitrogen and oxygen atoms in total. The second kappa shape index (κ2) is 5.19. The lowest BCUT2D eigenvalue weighted by molar-refractivity contribution is 0.0995. The Morgan fingerprint density at radius 2 is 1.89 bits per heavy atom. The van der Waals surface area contributed by atoms with Crippen molar-refractivity contribution in [1.29, 1.82) is 0 Å². The lowest BCUT2D eigenvalue weighted by Gasteiger charge is -2.05. The number of carbonyl (C=O) groups excluding carboxylic acids is 1. The fourth-order valence-electron chi connectivity index (χ4n) is 1.24. The van der Waals surface area contributed by atoms with Crippen LogP contribution in [0.1, 0.15) is 10.6 Å². The summed E-state index contributed by atoms with van der Waals surface area (Å²) in [5.41, 5.74) is -0.256. The Bertz CT molecular complexity index is 613. The zero-order valence-corrected chi connectivity index (χ0v) is 11.8. The molecule has 1 aromatic heterocycles. The Kier molecular flexibility index (Phi) is 3.82. The molecule has 2 rings (SSSR count). The standard InChI is InChI=1S/C11H5Br2F2NO2/c12-5-3-7(15)8(4-6(5)14)16-11(17)9-1-2-10(13)18-9/h1-4H,(H,16,17). The highest BCUT2D eigenvalue weighted by atomic mass is 79.9. The number of hydrogen-bond acceptors (Lipinski definition) is 2. The molecule has 94 valence electrons. The highest BCUT2D eigenvalue weighted by Gasteiger charge is 2.14. The topological polar surface area (TPSA) is 42.2 Å². The molecule has 7 heteroatoms. The van der Waals surface area contributed by atoms with E-state index in [1.807, 2.05) is 0 Å². The van der Waals surface area contributed by atoms with Crippen molar-refractivity contribution in [2.45, 2.75) is 0 Å². The summed E-state index contributed by atoms with van der Waals surface area (Å²) in [5, 5.41) is 2.22. The van der Waals surface area contributed by atoms with Gasteiger partial charge in [0.25, 0.3) is 5.91 Å². The summed E-state index contributed by atoms with van der Waals surface area (Å²) in [5.74, 6) is -2.10. The molecule has 0 aliphatic heterocycles. The highest BCUT2D eigenvalue weighted by molar-refractivity contribution is 9.10. The molecule has 0 atom stereocenters. The van der Waals surface area contributed by atoms with Crippen LogP contribution in [0.4, 0.5) is 14.5 Å². The van der Waals surface area contributed by atoms with Crippen LogP contribution in [-0.4, -0.2) is 5.91 Å². The van der Waals surface area contributed by atoms with Crippen molar-refractivity contribution in [2.24, 2.45) is 0 Å². The molecule has 1 N–H and O–H groups in total. The van der Waals surface area contributed by atoms with E-state index in [-0.39, 0.29) is 15.9 Å². The van der Waals surface area contributed by atoms with Crippen LogP contribution >= 0.6 is 31.9 Å². The molecule has 0 spiro atoms. The summed E-state index contributed by atoms with van der Waals surface area (Å²) in [4.78, 5) is 11.6. The maximum atomic E-state index is 13.5. The van der Waals surface area contributed by atoms with Crippen molar-refractivity contribution >= 4 is 43.5 Å². The van der Waals surface area contributed by atoms with E-state index in [1.165, 1.54) is 12.1 Å². The van der Waals surface area contributed by atoms with Crippen LogP contribution in [0.2, 0.25) is 0 Å². The number of benzene rings is 1. The van der Waals surface area contributed by atoms with E-state index in [0.717, 1.165) is 12.1 Å². The van der Waals surface area contributed by atoms with Gasteiger partial charge in [0.05, 0.1) is 10.2 Å². The number of amides is 1. The summed E-state index contributed by atoms with van der Waals surface area (Å²) < 4.78 is 32.0. The summed E-state index contributed by atoms with van der Waals surface area (Å²) in [7, 11) is 0. The molecule has 0 aliphatic rings. The second-order valence-corrected chi connectivity index (χ2v) is 4.94. The van der Waals surface area contributed by atoms with Crippen molar-refractivity contribution in [3.8, 4) is 0 Å². The van der Waals surface area contributed by atoms with Gasteiger partial charge in [-0.15, -0.1) is 0 Å². The predicted molar refractivity (Wildman–Crippen MR) is 68.4 cm³/mol. The first-order valence-corrected chi connectivity index (χ1v) is 6.27. The first-order valence-electron chi connectivity index (χ1n) is 4.68. The Morgan fingerprint density at radius 1 is 1.17 bits per heavy atom. The maximum Gasteiger partial charge on any atom is 0.291 e. The fourth-order valence-corrected chi connectivity index (χ4v) is 1.86. The molecular weight excluding hydrogens is 376 g/mol. The van der Waals surface area contributed by atoms with Gasteiger partial charge in [-0.2, -0.15) is 0 Å². The largest absolute Gasteiger partial charge is 0.444 e. The molecule has 0 unspecified atom stereocenters. The minimum atomic E-state index is -0.748. The van der Waals surface area contributed by atoms with E-state index in [2.05, 4.69) is 37.2 Å². The van der Waals surface area contributed by atoms with Crippen molar-refractivity contribution in [3.05, 3.63) is 50.8 Å². The molecule has 1 heterocycles. The second-order valence-electron chi connectivity index (χ2n) is 3.30. The van der Waals surface area contributed by atoms with Gasteiger partial charge in [0.2, 0.25) is 0 Å². The van der Waals surface area contributed by atoms with E-state index in [1.54, 1.807) is 0 Å². The van der Waals surface area contributed by atoms with Crippen molar-refractivity contribution in [2.75, 3.05) is 5.32 Å². The average molecular weight is 381 g/mol. The van der Waals surface area contributed by atoms with Crippen molar-refractivity contribution in [3.63, 3.8) is 0 Å². The van der Waals surface area contributed by atoms with Crippen LogP contribution in [0.15, 0.2) is 37.8 Å². The third kappa shape index (κ3) is 2.78. The van der Waals surface area contributed by atoms with E-state index in [0.29, 0.717) is 4.67 Å². The molecule has 1 amide bonds. The molecule has 1 aromatic carbocycles. The van der Waals surface area contributed by atoms with Crippen LogP contribution in [0.5, 0.6) is 0 Å². The number of halogens is 4. The monoisotopic (exact) mass is 379 g/mol. The molecule has 0 radical (unpaired) electrons. The third-order valence-electron chi connectivity index (χ3n) is 2.06. The van der Waals surface area contributed by atoms with Crippen LogP contribution in [0.3, 0.4) is 0 Å². The zero-order valence-electron chi connectivity index (χ0n) is 8.64. The summed E-state index contributed by atoms with van der Waals surface area (Å²) in [6.07, 6.45) is 0. The Balaban J connectivity index is 2.24. The number of nitrogens with one attached hydrogen (secondary N) is 1. The molecular formula is C11H5Br2F2NO2. The Labute approximate surface area is 117 Å². The Morgan fingerprint density at radius 3 is 2.50 bits per heavy atom. The number of anilines is 1. The van der Waals surface area contributed by atoms with Crippen LogP contribution in [0.25, 0.3) is 0 Å². The maximum absolute atomic E-state index is 13.5. The SMILES string of the molecule is O=C(Nc1cc(F)c(Br)cc1F)c1ccc(Br)o1. The van der Waals surface area contributed by atoms with Gasteiger partial charge in [-0.05, 0) is 50.1 Å². The summed E-state index contributed by atoms with van der Waals surface area (Å²) in [6, 6.07) is 4.75. The average Bonchev–Trinajstić information content (AvgIpc) is 2.73. The van der Waals surface area contributed by atoms with E-state index >= 15 is 0 Å². The molecule has 2 aromatic rings. The van der Waals surface area contributed by atoms with E-state index < -0.39 is 17.5 Å². The van der Waals surface area contributed by atoms with Gasteiger partial charge < -0.3 is 9.73 Å². The van der Waals surface area contributed by atoms with Crippen LogP contribution in [0, 0.1) is 11.6 Å². The molecule has 0 fully saturated rings. The number of furan rings is 1. The van der Waals surface area contributed by atoms with Gasteiger partial charge in [0.1, 0.15) is 11.6 Å². The molecule has 0 bridgehead atoms. The fraction of sp³-hybridized carbons (Fsp3) is 0. The van der Waals surface area contributed by atoms with Crippen LogP contribution < -0.4 is 5.32 Å². The van der Waals surface area contributed by atoms with Crippen LogP contribution in [-0.2, 0) is 0 Å². The lowest BCUT2D eigenvalue weighted by atomic mass is 10.3. The normalized spacial score (nSPS) is 10.4. The van der Waals surface area contributed by atoms with Gasteiger partial charge in [0, 0.05) is 6.07 Å². The number of hydrogen-bond donors (Lipinski definition) is 1.